The molecule has 0 saturated carbocycles. The molecule has 0 bridgehead atoms. The van der Waals surface area contributed by atoms with Crippen LogP contribution in [0.4, 0.5) is 5.69 Å². The van der Waals surface area contributed by atoms with Gasteiger partial charge in [0.1, 0.15) is 12.3 Å². The van der Waals surface area contributed by atoms with Crippen LogP contribution < -0.4 is 11.1 Å². The van der Waals surface area contributed by atoms with Crippen LogP contribution in [0.15, 0.2) is 35.2 Å². The van der Waals surface area contributed by atoms with E-state index in [4.69, 9.17) is 10.2 Å². The van der Waals surface area contributed by atoms with Crippen LogP contribution in [0.3, 0.4) is 0 Å². The molecule has 0 aliphatic heterocycles. The maximum absolute atomic E-state index is 10.7. The molecule has 1 atom stereocenters. The van der Waals surface area contributed by atoms with Gasteiger partial charge in [0.15, 0.2) is 0 Å². The first-order chi connectivity index (χ1) is 8.15. The first-order valence-electron chi connectivity index (χ1n) is 5.26. The average Bonchev–Trinajstić information content (AvgIpc) is 2.87. The van der Waals surface area contributed by atoms with Crippen LogP contribution in [-0.2, 0) is 11.3 Å². The van der Waals surface area contributed by atoms with E-state index in [0.29, 0.717) is 0 Å². The Hall–Kier alpha value is -2.24. The Bertz CT molecular complexity index is 489. The molecule has 0 saturated heterocycles. The number of nitrogens with zero attached hydrogens (tertiary/aromatic N) is 2. The van der Waals surface area contributed by atoms with Crippen molar-refractivity contribution >= 4 is 11.6 Å². The van der Waals surface area contributed by atoms with E-state index in [1.165, 1.54) is 4.68 Å². The van der Waals surface area contributed by atoms with Crippen LogP contribution in [0.2, 0.25) is 0 Å². The number of rotatable bonds is 5. The lowest BCUT2D eigenvalue weighted by Gasteiger charge is -2.10. The summed E-state index contributed by atoms with van der Waals surface area (Å²) in [6.45, 7) is 2.06. The van der Waals surface area contributed by atoms with Crippen molar-refractivity contribution in [2.75, 3.05) is 5.32 Å². The minimum atomic E-state index is -0.418. The minimum absolute atomic E-state index is 0.0382. The topological polar surface area (TPSA) is 86.1 Å². The number of carbonyl (C=O) groups excluding carboxylic acids is 1. The van der Waals surface area contributed by atoms with E-state index in [0.717, 1.165) is 11.4 Å². The van der Waals surface area contributed by atoms with Gasteiger partial charge in [0, 0.05) is 6.20 Å². The molecule has 3 N–H and O–H groups in total. The average molecular weight is 234 g/mol. The molecule has 0 radical (unpaired) electrons. The molecule has 0 spiro atoms. The van der Waals surface area contributed by atoms with Gasteiger partial charge in [-0.1, -0.05) is 0 Å². The SMILES string of the molecule is CC(Nc1cnn(CC(N)=O)c1)c1ccco1. The number of nitrogens with one attached hydrogen (secondary N) is 1. The monoisotopic (exact) mass is 234 g/mol. The zero-order chi connectivity index (χ0) is 12.3. The lowest BCUT2D eigenvalue weighted by atomic mass is 10.2. The Morgan fingerprint density at radius 3 is 3.18 bits per heavy atom. The molecule has 1 unspecified atom stereocenters. The highest BCUT2D eigenvalue weighted by molar-refractivity contribution is 5.73. The van der Waals surface area contributed by atoms with E-state index in [9.17, 15) is 4.79 Å². The molecule has 2 aromatic heterocycles. The second-order valence-electron chi connectivity index (χ2n) is 3.77. The highest BCUT2D eigenvalue weighted by Gasteiger charge is 2.09. The van der Waals surface area contributed by atoms with Crippen LogP contribution in [0, 0.1) is 0 Å². The van der Waals surface area contributed by atoms with E-state index >= 15 is 0 Å². The molecule has 0 aromatic carbocycles. The first kappa shape index (κ1) is 11.3. The van der Waals surface area contributed by atoms with Crippen molar-refractivity contribution in [1.82, 2.24) is 9.78 Å². The highest BCUT2D eigenvalue weighted by Crippen LogP contribution is 2.18. The third-order valence-corrected chi connectivity index (χ3v) is 2.30. The fraction of sp³-hybridized carbons (Fsp3) is 0.273. The summed E-state index contributed by atoms with van der Waals surface area (Å²) in [6.07, 6.45) is 5.00. The van der Waals surface area contributed by atoms with Crippen molar-refractivity contribution < 1.29 is 9.21 Å². The second kappa shape index (κ2) is 4.73. The number of carbonyl (C=O) groups is 1. The number of nitrogens with two attached hydrogens (primary N) is 1. The summed E-state index contributed by atoms with van der Waals surface area (Å²) in [5.41, 5.74) is 5.89. The lowest BCUT2D eigenvalue weighted by molar-refractivity contribution is -0.118. The molecule has 2 rings (SSSR count). The maximum Gasteiger partial charge on any atom is 0.239 e. The van der Waals surface area contributed by atoms with Gasteiger partial charge in [-0.05, 0) is 19.1 Å². The predicted molar refractivity (Wildman–Crippen MR) is 62.2 cm³/mol. The highest BCUT2D eigenvalue weighted by atomic mass is 16.3. The summed E-state index contributed by atoms with van der Waals surface area (Å²) >= 11 is 0. The first-order valence-corrected chi connectivity index (χ1v) is 5.26. The van der Waals surface area contributed by atoms with Crippen LogP contribution in [0.5, 0.6) is 0 Å². The molecule has 6 nitrogen and oxygen atoms in total. The van der Waals surface area contributed by atoms with Gasteiger partial charge in [-0.3, -0.25) is 9.48 Å². The molecule has 90 valence electrons. The number of primary amides is 1. The molecule has 0 aliphatic rings. The fourth-order valence-corrected chi connectivity index (χ4v) is 1.54. The van der Waals surface area contributed by atoms with Crippen LogP contribution in [0.25, 0.3) is 0 Å². The third kappa shape index (κ3) is 2.87. The normalized spacial score (nSPS) is 12.3. The van der Waals surface area contributed by atoms with Gasteiger partial charge in [0.05, 0.1) is 24.2 Å². The van der Waals surface area contributed by atoms with Gasteiger partial charge in [-0.25, -0.2) is 0 Å². The molecule has 17 heavy (non-hydrogen) atoms. The Morgan fingerprint density at radius 1 is 1.71 bits per heavy atom. The molecule has 0 aliphatic carbocycles. The predicted octanol–water partition coefficient (Wildman–Crippen LogP) is 1.13. The second-order valence-corrected chi connectivity index (χ2v) is 3.77. The van der Waals surface area contributed by atoms with Crippen molar-refractivity contribution in [3.8, 4) is 0 Å². The molecular weight excluding hydrogens is 220 g/mol. The number of furan rings is 1. The molecule has 2 aromatic rings. The van der Waals surface area contributed by atoms with Gasteiger partial charge in [0.2, 0.25) is 5.91 Å². The summed E-state index contributed by atoms with van der Waals surface area (Å²) < 4.78 is 6.76. The van der Waals surface area contributed by atoms with Crippen molar-refractivity contribution in [1.29, 1.82) is 0 Å². The maximum atomic E-state index is 10.7. The fourth-order valence-electron chi connectivity index (χ4n) is 1.54. The van der Waals surface area contributed by atoms with E-state index in [1.54, 1.807) is 18.7 Å². The molecule has 6 heteroatoms. The quantitative estimate of drug-likeness (QED) is 0.812. The Balaban J connectivity index is 1.99. The number of aromatic nitrogens is 2. The Morgan fingerprint density at radius 2 is 2.53 bits per heavy atom. The van der Waals surface area contributed by atoms with Gasteiger partial charge < -0.3 is 15.5 Å². The summed E-state index contributed by atoms with van der Waals surface area (Å²) in [7, 11) is 0. The van der Waals surface area contributed by atoms with Crippen LogP contribution >= 0.6 is 0 Å². The van der Waals surface area contributed by atoms with E-state index in [2.05, 4.69) is 10.4 Å². The number of anilines is 1. The van der Waals surface area contributed by atoms with Crippen molar-refractivity contribution in [3.05, 3.63) is 36.5 Å². The van der Waals surface area contributed by atoms with Gasteiger partial charge in [0.25, 0.3) is 0 Å². The number of hydrogen-bond donors (Lipinski definition) is 2. The number of amides is 1. The van der Waals surface area contributed by atoms with Crippen molar-refractivity contribution in [2.45, 2.75) is 19.5 Å². The van der Waals surface area contributed by atoms with Gasteiger partial charge in [-0.15, -0.1) is 0 Å². The van der Waals surface area contributed by atoms with E-state index < -0.39 is 5.91 Å². The summed E-state index contributed by atoms with van der Waals surface area (Å²) in [5, 5.41) is 7.22. The zero-order valence-corrected chi connectivity index (χ0v) is 9.46. The molecule has 2 heterocycles. The standard InChI is InChI=1S/C11H14N4O2/c1-8(10-3-2-4-17-10)14-9-5-13-15(6-9)7-11(12)16/h2-6,8,14H,7H2,1H3,(H2,12,16). The van der Waals surface area contributed by atoms with Crippen molar-refractivity contribution in [3.63, 3.8) is 0 Å². The van der Waals surface area contributed by atoms with Crippen LogP contribution in [0.1, 0.15) is 18.7 Å². The Labute approximate surface area is 98.4 Å². The summed E-state index contributed by atoms with van der Waals surface area (Å²) in [6, 6.07) is 3.77. The van der Waals surface area contributed by atoms with Crippen LogP contribution in [-0.4, -0.2) is 15.7 Å². The zero-order valence-electron chi connectivity index (χ0n) is 9.46. The summed E-state index contributed by atoms with van der Waals surface area (Å²) in [5.74, 6) is 0.423. The number of hydrogen-bond acceptors (Lipinski definition) is 4. The minimum Gasteiger partial charge on any atom is -0.467 e. The summed E-state index contributed by atoms with van der Waals surface area (Å²) in [4.78, 5) is 10.7. The third-order valence-electron chi connectivity index (χ3n) is 2.30. The lowest BCUT2D eigenvalue weighted by Crippen LogP contribution is -2.18. The van der Waals surface area contributed by atoms with Gasteiger partial charge >= 0.3 is 0 Å². The Kier molecular flexibility index (Phi) is 3.13. The smallest absolute Gasteiger partial charge is 0.239 e. The van der Waals surface area contributed by atoms with Crippen molar-refractivity contribution in [2.24, 2.45) is 5.73 Å². The molecule has 1 amide bonds. The molecular formula is C11H14N4O2. The van der Waals surface area contributed by atoms with Gasteiger partial charge in [-0.2, -0.15) is 5.10 Å². The molecule has 0 fully saturated rings. The van der Waals surface area contributed by atoms with E-state index in [-0.39, 0.29) is 12.6 Å². The van der Waals surface area contributed by atoms with E-state index in [1.807, 2.05) is 19.1 Å². The largest absolute Gasteiger partial charge is 0.467 e.